The molecule has 0 saturated carbocycles. The summed E-state index contributed by atoms with van der Waals surface area (Å²) in [5, 5.41) is 0. The average Bonchev–Trinajstić information content (AvgIpc) is 2.31. The Labute approximate surface area is 114 Å². The van der Waals surface area contributed by atoms with E-state index in [0.717, 1.165) is 0 Å². The Morgan fingerprint density at radius 2 is 2.16 bits per heavy atom. The fourth-order valence-corrected chi connectivity index (χ4v) is 3.86. The van der Waals surface area contributed by atoms with Gasteiger partial charge in [-0.3, -0.25) is 0 Å². The van der Waals surface area contributed by atoms with Crippen molar-refractivity contribution in [1.82, 2.24) is 4.72 Å². The number of hydrogen-bond donors (Lipinski definition) is 2. The quantitative estimate of drug-likeness (QED) is 0.823. The number of benzene rings is 1. The molecule has 0 bridgehead atoms. The van der Waals surface area contributed by atoms with Crippen molar-refractivity contribution in [3.05, 3.63) is 23.8 Å². The van der Waals surface area contributed by atoms with Crippen LogP contribution >= 0.6 is 0 Å². The first-order chi connectivity index (χ1) is 8.88. The number of rotatable bonds is 3. The SMILES string of the molecule is Cc1ccc(N)cc1S(=O)(=O)NC1CCOC(C)C1. The van der Waals surface area contributed by atoms with E-state index in [-0.39, 0.29) is 17.0 Å². The van der Waals surface area contributed by atoms with Gasteiger partial charge < -0.3 is 10.5 Å². The van der Waals surface area contributed by atoms with Crippen LogP contribution in [0.1, 0.15) is 25.3 Å². The van der Waals surface area contributed by atoms with Crippen LogP contribution in [0.5, 0.6) is 0 Å². The molecule has 106 valence electrons. The van der Waals surface area contributed by atoms with Gasteiger partial charge in [0.05, 0.1) is 11.0 Å². The van der Waals surface area contributed by atoms with Gasteiger partial charge in [-0.2, -0.15) is 0 Å². The van der Waals surface area contributed by atoms with Gasteiger partial charge in [0.2, 0.25) is 10.0 Å². The smallest absolute Gasteiger partial charge is 0.241 e. The number of sulfonamides is 1. The highest BCUT2D eigenvalue weighted by molar-refractivity contribution is 7.89. The van der Waals surface area contributed by atoms with Crippen molar-refractivity contribution in [3.8, 4) is 0 Å². The number of nitrogens with two attached hydrogens (primary N) is 1. The maximum atomic E-state index is 12.4. The molecule has 1 fully saturated rings. The van der Waals surface area contributed by atoms with Crippen molar-refractivity contribution in [1.29, 1.82) is 0 Å². The van der Waals surface area contributed by atoms with E-state index in [9.17, 15) is 8.42 Å². The van der Waals surface area contributed by atoms with Crippen molar-refractivity contribution < 1.29 is 13.2 Å². The van der Waals surface area contributed by atoms with Gasteiger partial charge in [0.15, 0.2) is 0 Å². The highest BCUT2D eigenvalue weighted by atomic mass is 32.2. The molecule has 1 aromatic carbocycles. The number of nitrogen functional groups attached to an aromatic ring is 1. The number of anilines is 1. The van der Waals surface area contributed by atoms with Crippen molar-refractivity contribution in [3.63, 3.8) is 0 Å². The zero-order valence-corrected chi connectivity index (χ0v) is 12.0. The number of aryl methyl sites for hydroxylation is 1. The van der Waals surface area contributed by atoms with Crippen LogP contribution in [0.25, 0.3) is 0 Å². The molecular formula is C13H20N2O3S. The number of nitrogens with one attached hydrogen (secondary N) is 1. The summed E-state index contributed by atoms with van der Waals surface area (Å²) < 4.78 is 32.9. The van der Waals surface area contributed by atoms with E-state index in [2.05, 4.69) is 4.72 Å². The first-order valence-electron chi connectivity index (χ1n) is 6.38. The summed E-state index contributed by atoms with van der Waals surface area (Å²) in [5.74, 6) is 0. The Bertz CT molecular complexity index is 557. The lowest BCUT2D eigenvalue weighted by atomic mass is 10.1. The average molecular weight is 284 g/mol. The Morgan fingerprint density at radius 3 is 2.84 bits per heavy atom. The van der Waals surface area contributed by atoms with E-state index >= 15 is 0 Å². The second-order valence-electron chi connectivity index (χ2n) is 5.05. The molecule has 1 aliphatic heterocycles. The molecule has 1 aliphatic rings. The molecule has 0 spiro atoms. The summed E-state index contributed by atoms with van der Waals surface area (Å²) in [6.45, 7) is 4.30. The summed E-state index contributed by atoms with van der Waals surface area (Å²) >= 11 is 0. The van der Waals surface area contributed by atoms with Crippen LogP contribution in [-0.2, 0) is 14.8 Å². The van der Waals surface area contributed by atoms with Crippen molar-refractivity contribution >= 4 is 15.7 Å². The highest BCUT2D eigenvalue weighted by Crippen LogP contribution is 2.21. The minimum Gasteiger partial charge on any atom is -0.399 e. The Morgan fingerprint density at radius 1 is 1.42 bits per heavy atom. The summed E-state index contributed by atoms with van der Waals surface area (Å²) in [4.78, 5) is 0.256. The molecule has 2 rings (SSSR count). The van der Waals surface area contributed by atoms with Crippen LogP contribution in [0.4, 0.5) is 5.69 Å². The maximum absolute atomic E-state index is 12.4. The van der Waals surface area contributed by atoms with Gasteiger partial charge in [0, 0.05) is 18.3 Å². The van der Waals surface area contributed by atoms with E-state index < -0.39 is 10.0 Å². The lowest BCUT2D eigenvalue weighted by Crippen LogP contribution is -2.41. The van der Waals surface area contributed by atoms with E-state index in [1.165, 1.54) is 6.07 Å². The molecule has 3 N–H and O–H groups in total. The molecule has 2 atom stereocenters. The van der Waals surface area contributed by atoms with Crippen LogP contribution in [0.3, 0.4) is 0 Å². The van der Waals surface area contributed by atoms with E-state index in [1.807, 2.05) is 6.92 Å². The van der Waals surface area contributed by atoms with E-state index in [1.54, 1.807) is 19.1 Å². The first kappa shape index (κ1) is 14.3. The monoisotopic (exact) mass is 284 g/mol. The predicted molar refractivity (Wildman–Crippen MR) is 74.3 cm³/mol. The third-order valence-electron chi connectivity index (χ3n) is 3.31. The van der Waals surface area contributed by atoms with Crippen LogP contribution in [0.15, 0.2) is 23.1 Å². The first-order valence-corrected chi connectivity index (χ1v) is 7.87. The molecule has 0 aromatic heterocycles. The number of ether oxygens (including phenoxy) is 1. The summed E-state index contributed by atoms with van der Waals surface area (Å²) in [7, 11) is -3.52. The van der Waals surface area contributed by atoms with E-state index in [4.69, 9.17) is 10.5 Å². The lowest BCUT2D eigenvalue weighted by Gasteiger charge is -2.28. The molecule has 1 aromatic rings. The lowest BCUT2D eigenvalue weighted by molar-refractivity contribution is 0.0173. The Hall–Kier alpha value is -1.11. The highest BCUT2D eigenvalue weighted by Gasteiger charge is 2.26. The second-order valence-corrected chi connectivity index (χ2v) is 6.73. The molecule has 1 saturated heterocycles. The summed E-state index contributed by atoms with van der Waals surface area (Å²) in [6, 6.07) is 4.84. The summed E-state index contributed by atoms with van der Waals surface area (Å²) in [5.41, 5.74) is 6.81. The second kappa shape index (κ2) is 5.48. The molecule has 1 heterocycles. The van der Waals surface area contributed by atoms with Gasteiger partial charge in [-0.1, -0.05) is 6.07 Å². The maximum Gasteiger partial charge on any atom is 0.241 e. The topological polar surface area (TPSA) is 81.4 Å². The molecule has 19 heavy (non-hydrogen) atoms. The zero-order valence-electron chi connectivity index (χ0n) is 11.2. The normalized spacial score (nSPS) is 24.3. The molecule has 0 amide bonds. The Kier molecular flexibility index (Phi) is 4.13. The zero-order chi connectivity index (χ0) is 14.0. The van der Waals surface area contributed by atoms with Crippen molar-refractivity contribution in [2.24, 2.45) is 0 Å². The van der Waals surface area contributed by atoms with Crippen LogP contribution in [0.2, 0.25) is 0 Å². The fourth-order valence-electron chi connectivity index (χ4n) is 2.29. The van der Waals surface area contributed by atoms with Gasteiger partial charge in [-0.15, -0.1) is 0 Å². The fraction of sp³-hybridized carbons (Fsp3) is 0.538. The number of hydrogen-bond acceptors (Lipinski definition) is 4. The molecule has 5 nitrogen and oxygen atoms in total. The molecule has 6 heteroatoms. The molecule has 0 aliphatic carbocycles. The predicted octanol–water partition coefficient (Wildman–Crippen LogP) is 1.42. The third-order valence-corrected chi connectivity index (χ3v) is 4.97. The standard InChI is InChI=1S/C13H20N2O3S/c1-9-3-4-11(14)8-13(9)19(16,17)15-12-5-6-18-10(2)7-12/h3-4,8,10,12,15H,5-7,14H2,1-2H3. The molecule has 2 unspecified atom stereocenters. The van der Waals surface area contributed by atoms with Gasteiger partial charge in [0.1, 0.15) is 0 Å². The van der Waals surface area contributed by atoms with Gasteiger partial charge in [0.25, 0.3) is 0 Å². The van der Waals surface area contributed by atoms with Gasteiger partial charge in [-0.25, -0.2) is 13.1 Å². The van der Waals surface area contributed by atoms with Crippen LogP contribution in [0, 0.1) is 6.92 Å². The third kappa shape index (κ3) is 3.46. The van der Waals surface area contributed by atoms with Gasteiger partial charge in [-0.05, 0) is 44.4 Å². The minimum absolute atomic E-state index is 0.0745. The minimum atomic E-state index is -3.52. The Balaban J connectivity index is 2.20. The largest absolute Gasteiger partial charge is 0.399 e. The van der Waals surface area contributed by atoms with E-state index in [0.29, 0.717) is 30.7 Å². The summed E-state index contributed by atoms with van der Waals surface area (Å²) in [6.07, 6.45) is 1.48. The molecular weight excluding hydrogens is 264 g/mol. The van der Waals surface area contributed by atoms with Crippen molar-refractivity contribution in [2.75, 3.05) is 12.3 Å². The van der Waals surface area contributed by atoms with Crippen molar-refractivity contribution in [2.45, 2.75) is 43.7 Å². The van der Waals surface area contributed by atoms with Crippen LogP contribution < -0.4 is 10.5 Å². The van der Waals surface area contributed by atoms with Crippen LogP contribution in [-0.4, -0.2) is 27.2 Å². The molecule has 0 radical (unpaired) electrons. The van der Waals surface area contributed by atoms with Gasteiger partial charge >= 0.3 is 0 Å².